The fraction of sp³-hybridized carbons (Fsp3) is 0.360. The summed E-state index contributed by atoms with van der Waals surface area (Å²) in [7, 11) is 0. The molecule has 0 aliphatic heterocycles. The van der Waals surface area contributed by atoms with E-state index in [4.69, 9.17) is 0 Å². The van der Waals surface area contributed by atoms with Crippen molar-refractivity contribution in [2.24, 2.45) is 5.92 Å². The van der Waals surface area contributed by atoms with Crippen LogP contribution in [0, 0.1) is 5.92 Å². The Hall–Kier alpha value is -2.08. The fourth-order valence-electron chi connectivity index (χ4n) is 3.50. The minimum absolute atomic E-state index is 0.761. The molecule has 0 N–H and O–H groups in total. The molecule has 0 bridgehead atoms. The number of benzene rings is 2. The lowest BCUT2D eigenvalue weighted by atomic mass is 9.90. The van der Waals surface area contributed by atoms with Gasteiger partial charge in [0.1, 0.15) is 0 Å². The van der Waals surface area contributed by atoms with Gasteiger partial charge in [-0.05, 0) is 73.6 Å². The van der Waals surface area contributed by atoms with Crippen molar-refractivity contribution in [3.05, 3.63) is 83.5 Å². The van der Waals surface area contributed by atoms with Crippen molar-refractivity contribution >= 4 is 0 Å². The number of rotatable bonds is 6. The van der Waals surface area contributed by atoms with Crippen LogP contribution in [0.2, 0.25) is 0 Å². The molecule has 1 atom stereocenters. The zero-order valence-corrected chi connectivity index (χ0v) is 15.7. The van der Waals surface area contributed by atoms with Crippen LogP contribution in [-0.2, 0) is 12.8 Å². The second-order valence-electron chi connectivity index (χ2n) is 7.30. The van der Waals surface area contributed by atoms with Gasteiger partial charge in [-0.3, -0.25) is 0 Å². The standard InChI is InChI=1S/C25H30/c1-3-21-12-16-24(17-13-21)25-18-14-23(15-19-25)7-5-4-6-22-10-8-20(2)9-11-22/h4,6,8,12-19,22H,3,5,7,9-11H2,1-2H3/b6-4+. The first kappa shape index (κ1) is 17.7. The van der Waals surface area contributed by atoms with Crippen LogP contribution in [0.5, 0.6) is 0 Å². The predicted octanol–water partition coefficient (Wildman–Crippen LogP) is 7.15. The average molecular weight is 331 g/mol. The number of hydrogen-bond acceptors (Lipinski definition) is 0. The third-order valence-electron chi connectivity index (χ3n) is 5.34. The molecule has 0 amide bonds. The van der Waals surface area contributed by atoms with Crippen molar-refractivity contribution in [3.63, 3.8) is 0 Å². The predicted molar refractivity (Wildman–Crippen MR) is 110 cm³/mol. The van der Waals surface area contributed by atoms with Gasteiger partial charge >= 0.3 is 0 Å². The van der Waals surface area contributed by atoms with E-state index in [1.807, 2.05) is 0 Å². The average Bonchev–Trinajstić information content (AvgIpc) is 2.67. The number of aryl methyl sites for hydroxylation is 2. The highest BCUT2D eigenvalue weighted by Crippen LogP contribution is 2.24. The molecule has 1 unspecified atom stereocenters. The molecule has 1 aliphatic carbocycles. The molecular formula is C25H30. The van der Waals surface area contributed by atoms with Gasteiger partial charge in [0.2, 0.25) is 0 Å². The van der Waals surface area contributed by atoms with Crippen LogP contribution < -0.4 is 0 Å². The van der Waals surface area contributed by atoms with Crippen LogP contribution >= 0.6 is 0 Å². The maximum atomic E-state index is 2.44. The van der Waals surface area contributed by atoms with E-state index >= 15 is 0 Å². The molecule has 0 aromatic heterocycles. The molecule has 2 aromatic carbocycles. The fourth-order valence-corrected chi connectivity index (χ4v) is 3.50. The summed E-state index contributed by atoms with van der Waals surface area (Å²) in [5, 5.41) is 0. The third-order valence-corrected chi connectivity index (χ3v) is 5.34. The summed E-state index contributed by atoms with van der Waals surface area (Å²) in [6, 6.07) is 18.0. The second kappa shape index (κ2) is 8.85. The zero-order valence-electron chi connectivity index (χ0n) is 15.7. The van der Waals surface area contributed by atoms with Crippen LogP contribution in [-0.4, -0.2) is 0 Å². The summed E-state index contributed by atoms with van der Waals surface area (Å²) in [5.41, 5.74) is 7.01. The molecule has 0 heterocycles. The van der Waals surface area contributed by atoms with E-state index in [0.29, 0.717) is 0 Å². The molecule has 3 rings (SSSR count). The largest absolute Gasteiger partial charge is 0.0879 e. The molecule has 25 heavy (non-hydrogen) atoms. The van der Waals surface area contributed by atoms with Crippen molar-refractivity contribution < 1.29 is 0 Å². The maximum Gasteiger partial charge on any atom is -0.0184 e. The summed E-state index contributed by atoms with van der Waals surface area (Å²) in [4.78, 5) is 0. The molecule has 0 nitrogen and oxygen atoms in total. The monoisotopic (exact) mass is 330 g/mol. The Morgan fingerprint density at radius 2 is 1.56 bits per heavy atom. The summed E-state index contributed by atoms with van der Waals surface area (Å²) in [5.74, 6) is 0.761. The minimum atomic E-state index is 0.761. The Balaban J connectivity index is 1.50. The number of hydrogen-bond donors (Lipinski definition) is 0. The van der Waals surface area contributed by atoms with E-state index in [0.717, 1.165) is 25.2 Å². The molecule has 0 radical (unpaired) electrons. The highest BCUT2D eigenvalue weighted by molar-refractivity contribution is 5.63. The lowest BCUT2D eigenvalue weighted by molar-refractivity contribution is 0.566. The minimum Gasteiger partial charge on any atom is -0.0879 e. The maximum absolute atomic E-state index is 2.44. The van der Waals surface area contributed by atoms with Crippen molar-refractivity contribution in [1.29, 1.82) is 0 Å². The summed E-state index contributed by atoms with van der Waals surface area (Å²) < 4.78 is 0. The molecule has 130 valence electrons. The molecule has 0 saturated carbocycles. The normalized spacial score (nSPS) is 17.7. The van der Waals surface area contributed by atoms with Crippen molar-refractivity contribution in [2.75, 3.05) is 0 Å². The van der Waals surface area contributed by atoms with Gasteiger partial charge in [0.15, 0.2) is 0 Å². The van der Waals surface area contributed by atoms with Crippen LogP contribution in [0.4, 0.5) is 0 Å². The summed E-state index contributed by atoms with van der Waals surface area (Å²) in [6.07, 6.45) is 14.4. The topological polar surface area (TPSA) is 0 Å². The smallest absolute Gasteiger partial charge is 0.0184 e. The Morgan fingerprint density at radius 1 is 0.920 bits per heavy atom. The summed E-state index contributed by atoms with van der Waals surface area (Å²) in [6.45, 7) is 4.45. The molecular weight excluding hydrogens is 300 g/mol. The first-order valence-electron chi connectivity index (χ1n) is 9.75. The molecule has 0 fully saturated rings. The Kier molecular flexibility index (Phi) is 6.28. The van der Waals surface area contributed by atoms with Gasteiger partial charge in [-0.15, -0.1) is 0 Å². The van der Waals surface area contributed by atoms with Crippen molar-refractivity contribution in [3.8, 4) is 11.1 Å². The van der Waals surface area contributed by atoms with Gasteiger partial charge in [0, 0.05) is 0 Å². The lowest BCUT2D eigenvalue weighted by Gasteiger charge is -2.16. The Bertz CT molecular complexity index is 714. The highest BCUT2D eigenvalue weighted by atomic mass is 14.1. The van der Waals surface area contributed by atoms with Gasteiger partial charge in [-0.2, -0.15) is 0 Å². The highest BCUT2D eigenvalue weighted by Gasteiger charge is 2.08. The first-order chi connectivity index (χ1) is 12.2. The first-order valence-corrected chi connectivity index (χ1v) is 9.75. The Morgan fingerprint density at radius 3 is 2.12 bits per heavy atom. The van der Waals surface area contributed by atoms with E-state index in [-0.39, 0.29) is 0 Å². The molecule has 0 spiro atoms. The van der Waals surface area contributed by atoms with Gasteiger partial charge in [-0.1, -0.05) is 79.3 Å². The van der Waals surface area contributed by atoms with Gasteiger partial charge in [-0.25, -0.2) is 0 Å². The lowest BCUT2D eigenvalue weighted by Crippen LogP contribution is -2.01. The number of allylic oxidation sites excluding steroid dienone is 4. The van der Waals surface area contributed by atoms with E-state index in [9.17, 15) is 0 Å². The van der Waals surface area contributed by atoms with Gasteiger partial charge in [0.05, 0.1) is 0 Å². The Labute approximate surface area is 153 Å². The second-order valence-corrected chi connectivity index (χ2v) is 7.30. The van der Waals surface area contributed by atoms with Crippen LogP contribution in [0.1, 0.15) is 50.7 Å². The van der Waals surface area contributed by atoms with Crippen molar-refractivity contribution in [2.45, 2.75) is 52.4 Å². The van der Waals surface area contributed by atoms with Crippen LogP contribution in [0.15, 0.2) is 72.3 Å². The molecule has 0 heteroatoms. The van der Waals surface area contributed by atoms with Gasteiger partial charge in [0.25, 0.3) is 0 Å². The van der Waals surface area contributed by atoms with Gasteiger partial charge < -0.3 is 0 Å². The molecule has 1 aliphatic rings. The van der Waals surface area contributed by atoms with E-state index in [1.165, 1.54) is 41.5 Å². The van der Waals surface area contributed by atoms with E-state index < -0.39 is 0 Å². The quantitative estimate of drug-likeness (QED) is 0.493. The zero-order chi connectivity index (χ0) is 17.5. The van der Waals surface area contributed by atoms with Crippen molar-refractivity contribution in [1.82, 2.24) is 0 Å². The van der Waals surface area contributed by atoms with E-state index in [1.54, 1.807) is 5.57 Å². The van der Waals surface area contributed by atoms with E-state index in [2.05, 4.69) is 80.6 Å². The SMILES string of the molecule is CCc1ccc(-c2ccc(CC/C=C/C3CC=C(C)CC3)cc2)cc1. The van der Waals surface area contributed by atoms with Crippen LogP contribution in [0.3, 0.4) is 0 Å². The van der Waals surface area contributed by atoms with Crippen LogP contribution in [0.25, 0.3) is 11.1 Å². The molecule has 0 saturated heterocycles. The molecule has 2 aromatic rings. The summed E-state index contributed by atoms with van der Waals surface area (Å²) >= 11 is 0. The third kappa shape index (κ3) is 5.19.